The number of aromatic nitrogens is 1. The Bertz CT molecular complexity index is 782. The van der Waals surface area contributed by atoms with Crippen LogP contribution in [-0.2, 0) is 4.74 Å². The Morgan fingerprint density at radius 3 is 2.54 bits per heavy atom. The number of fused-ring (bicyclic) bond motifs is 1. The number of benzene rings is 1. The van der Waals surface area contributed by atoms with Crippen LogP contribution in [-0.4, -0.2) is 48.3 Å². The van der Waals surface area contributed by atoms with Crippen molar-refractivity contribution in [2.24, 2.45) is 0 Å². The average Bonchev–Trinajstić information content (AvgIpc) is 2.58. The van der Waals surface area contributed by atoms with Crippen molar-refractivity contribution in [2.75, 3.05) is 20.3 Å². The second-order valence-electron chi connectivity index (χ2n) is 7.19. The lowest BCUT2D eigenvalue weighted by Crippen LogP contribution is -2.42. The molecule has 0 aliphatic rings. The van der Waals surface area contributed by atoms with Crippen LogP contribution in [0.5, 0.6) is 11.5 Å². The Morgan fingerprint density at radius 2 is 1.88 bits per heavy atom. The van der Waals surface area contributed by atoms with Crippen molar-refractivity contribution in [2.45, 2.75) is 45.6 Å². The summed E-state index contributed by atoms with van der Waals surface area (Å²) in [7, 11) is 1.54. The lowest BCUT2D eigenvalue weighted by atomic mass is 10.1. The van der Waals surface area contributed by atoms with Gasteiger partial charge in [-0.15, -0.1) is 0 Å². The molecule has 0 spiro atoms. The van der Waals surface area contributed by atoms with Gasteiger partial charge in [-0.2, -0.15) is 0 Å². The van der Waals surface area contributed by atoms with Crippen LogP contribution in [0, 0.1) is 0 Å². The molecule has 7 heteroatoms. The third-order valence-electron chi connectivity index (χ3n) is 3.74. The van der Waals surface area contributed by atoms with Gasteiger partial charge in [0.25, 0.3) is 0 Å². The van der Waals surface area contributed by atoms with Gasteiger partial charge in [-0.05, 0) is 45.9 Å². The van der Waals surface area contributed by atoms with Crippen LogP contribution in [0.3, 0.4) is 0 Å². The minimum atomic E-state index is -0.656. The number of H-pyrrole nitrogens is 1. The quantitative estimate of drug-likeness (QED) is 0.621. The maximum atomic E-state index is 11.7. The van der Waals surface area contributed by atoms with Crippen molar-refractivity contribution in [1.29, 1.82) is 0 Å². The van der Waals surface area contributed by atoms with E-state index >= 15 is 0 Å². The van der Waals surface area contributed by atoms with Crippen LogP contribution in [0.2, 0.25) is 0 Å². The van der Waals surface area contributed by atoms with E-state index in [1.807, 2.05) is 20.8 Å². The highest BCUT2D eigenvalue weighted by atomic mass is 16.7. The van der Waals surface area contributed by atoms with E-state index in [-0.39, 0.29) is 17.7 Å². The number of pyridine rings is 1. The van der Waals surface area contributed by atoms with Crippen LogP contribution in [0.4, 0.5) is 0 Å². The number of β-amino-alcohol motifs (C(OH)–C–C–N with tert-alkyl or cyclic N) is 1. The first-order chi connectivity index (χ1) is 12.2. The number of aliphatic hydroxyl groups excluding tert-OH is 1. The zero-order chi connectivity index (χ0) is 19.3. The number of aliphatic hydroxyl groups is 1. The molecular formula is C19H28N2O5. The first kappa shape index (κ1) is 20.2. The Labute approximate surface area is 153 Å². The van der Waals surface area contributed by atoms with E-state index in [9.17, 15) is 9.90 Å². The SMILES string of the molecule is COC(C)Oc1ccc(OCC(O)CNC(C)(C)C)c2ccc(=O)[nH]c12. The molecule has 0 aliphatic carbocycles. The van der Waals surface area contributed by atoms with Crippen LogP contribution in [0.25, 0.3) is 10.9 Å². The topological polar surface area (TPSA) is 92.8 Å². The molecule has 2 rings (SSSR count). The van der Waals surface area contributed by atoms with Crippen molar-refractivity contribution in [1.82, 2.24) is 10.3 Å². The van der Waals surface area contributed by atoms with E-state index in [1.165, 1.54) is 6.07 Å². The van der Waals surface area contributed by atoms with Gasteiger partial charge in [0.1, 0.15) is 24.2 Å². The maximum Gasteiger partial charge on any atom is 0.248 e. The number of methoxy groups -OCH3 is 1. The van der Waals surface area contributed by atoms with Crippen molar-refractivity contribution in [3.63, 3.8) is 0 Å². The molecular weight excluding hydrogens is 336 g/mol. The standard InChI is InChI=1S/C19H28N2O5/c1-12(24-5)26-16-8-7-15(14-6-9-17(23)21-18(14)16)25-11-13(22)10-20-19(2,3)4/h6-9,12-13,20,22H,10-11H2,1-5H3,(H,21,23). The highest BCUT2D eigenvalue weighted by Crippen LogP contribution is 2.31. The van der Waals surface area contributed by atoms with Gasteiger partial charge in [-0.25, -0.2) is 0 Å². The van der Waals surface area contributed by atoms with Gasteiger partial charge >= 0.3 is 0 Å². The molecule has 0 fully saturated rings. The van der Waals surface area contributed by atoms with Crippen molar-refractivity contribution in [3.8, 4) is 11.5 Å². The molecule has 0 radical (unpaired) electrons. The van der Waals surface area contributed by atoms with E-state index in [0.29, 0.717) is 28.9 Å². The van der Waals surface area contributed by atoms with Crippen LogP contribution in [0.1, 0.15) is 27.7 Å². The number of aromatic amines is 1. The van der Waals surface area contributed by atoms with Crippen LogP contribution >= 0.6 is 0 Å². The summed E-state index contributed by atoms with van der Waals surface area (Å²) in [6.07, 6.45) is -1.12. The molecule has 2 unspecified atom stereocenters. The third kappa shape index (κ3) is 5.72. The lowest BCUT2D eigenvalue weighted by Gasteiger charge is -2.23. The van der Waals surface area contributed by atoms with E-state index in [1.54, 1.807) is 32.2 Å². The summed E-state index contributed by atoms with van der Waals surface area (Å²) in [5.74, 6) is 1.05. The van der Waals surface area contributed by atoms with Crippen LogP contribution < -0.4 is 20.3 Å². The summed E-state index contributed by atoms with van der Waals surface area (Å²) in [5, 5.41) is 14.0. The molecule has 2 aromatic rings. The van der Waals surface area contributed by atoms with Crippen molar-refractivity contribution >= 4 is 10.9 Å². The largest absolute Gasteiger partial charge is 0.490 e. The fourth-order valence-corrected chi connectivity index (χ4v) is 2.32. The summed E-state index contributed by atoms with van der Waals surface area (Å²) in [6.45, 7) is 8.41. The number of rotatable bonds is 8. The van der Waals surface area contributed by atoms with Crippen molar-refractivity contribution < 1.29 is 19.3 Å². The first-order valence-electron chi connectivity index (χ1n) is 8.61. The molecule has 144 valence electrons. The molecule has 0 bridgehead atoms. The number of ether oxygens (including phenoxy) is 3. The number of hydrogen-bond acceptors (Lipinski definition) is 6. The number of hydrogen-bond donors (Lipinski definition) is 3. The van der Waals surface area contributed by atoms with Gasteiger partial charge in [-0.1, -0.05) is 0 Å². The van der Waals surface area contributed by atoms with Gasteiger partial charge in [0.05, 0.1) is 5.52 Å². The summed E-state index contributed by atoms with van der Waals surface area (Å²) >= 11 is 0. The highest BCUT2D eigenvalue weighted by molar-refractivity contribution is 5.89. The van der Waals surface area contributed by atoms with Crippen LogP contribution in [0.15, 0.2) is 29.1 Å². The Morgan fingerprint density at radius 1 is 1.19 bits per heavy atom. The van der Waals surface area contributed by atoms with E-state index in [0.717, 1.165) is 0 Å². The Balaban J connectivity index is 2.18. The molecule has 0 saturated heterocycles. The van der Waals surface area contributed by atoms with E-state index < -0.39 is 12.4 Å². The first-order valence-corrected chi connectivity index (χ1v) is 8.61. The molecule has 1 aromatic heterocycles. The monoisotopic (exact) mass is 364 g/mol. The second-order valence-corrected chi connectivity index (χ2v) is 7.19. The zero-order valence-corrected chi connectivity index (χ0v) is 16.0. The second kappa shape index (κ2) is 8.53. The van der Waals surface area contributed by atoms with Gasteiger partial charge in [0, 0.05) is 30.6 Å². The average molecular weight is 364 g/mol. The molecule has 0 saturated carbocycles. The summed E-state index contributed by atoms with van der Waals surface area (Å²) < 4.78 is 16.6. The Hall–Kier alpha value is -2.09. The minimum absolute atomic E-state index is 0.0792. The maximum absolute atomic E-state index is 11.7. The smallest absolute Gasteiger partial charge is 0.248 e. The molecule has 3 N–H and O–H groups in total. The summed E-state index contributed by atoms with van der Waals surface area (Å²) in [6, 6.07) is 6.56. The predicted octanol–water partition coefficient (Wildman–Crippen LogP) is 2.03. The molecule has 1 aromatic carbocycles. The van der Waals surface area contributed by atoms with Gasteiger partial charge in [-0.3, -0.25) is 4.79 Å². The minimum Gasteiger partial charge on any atom is -0.490 e. The fourth-order valence-electron chi connectivity index (χ4n) is 2.32. The molecule has 2 atom stereocenters. The molecule has 1 heterocycles. The summed E-state index contributed by atoms with van der Waals surface area (Å²) in [4.78, 5) is 14.5. The third-order valence-corrected chi connectivity index (χ3v) is 3.74. The zero-order valence-electron chi connectivity index (χ0n) is 16.0. The molecule has 7 nitrogen and oxygen atoms in total. The highest BCUT2D eigenvalue weighted by Gasteiger charge is 2.15. The Kier molecular flexibility index (Phi) is 6.63. The van der Waals surface area contributed by atoms with Crippen molar-refractivity contribution in [3.05, 3.63) is 34.6 Å². The van der Waals surface area contributed by atoms with E-state index in [2.05, 4.69) is 10.3 Å². The fraction of sp³-hybridized carbons (Fsp3) is 0.526. The lowest BCUT2D eigenvalue weighted by molar-refractivity contribution is -0.0374. The normalized spacial score (nSPS) is 14.2. The predicted molar refractivity (Wildman–Crippen MR) is 101 cm³/mol. The van der Waals surface area contributed by atoms with Gasteiger partial charge < -0.3 is 29.6 Å². The molecule has 0 aliphatic heterocycles. The van der Waals surface area contributed by atoms with Gasteiger partial charge in [0.2, 0.25) is 5.56 Å². The molecule has 0 amide bonds. The number of nitrogens with one attached hydrogen (secondary N) is 2. The van der Waals surface area contributed by atoms with Gasteiger partial charge in [0.15, 0.2) is 6.29 Å². The summed E-state index contributed by atoms with van der Waals surface area (Å²) in [5.41, 5.74) is 0.213. The van der Waals surface area contributed by atoms with E-state index in [4.69, 9.17) is 14.2 Å². The molecule has 26 heavy (non-hydrogen) atoms.